The number of piperidine rings is 1. The van der Waals surface area contributed by atoms with Gasteiger partial charge < -0.3 is 15.5 Å². The van der Waals surface area contributed by atoms with E-state index in [1.807, 2.05) is 60.7 Å². The molecule has 1 saturated heterocycles. The van der Waals surface area contributed by atoms with Gasteiger partial charge in [0.2, 0.25) is 11.8 Å². The van der Waals surface area contributed by atoms with Crippen molar-refractivity contribution in [2.45, 2.75) is 62.3 Å². The number of nitrogens with zero attached hydrogens (tertiary/aromatic N) is 1. The largest absolute Gasteiger partial charge is 0.416 e. The summed E-state index contributed by atoms with van der Waals surface area (Å²) in [7, 11) is 0. The van der Waals surface area contributed by atoms with E-state index in [-0.39, 0.29) is 11.9 Å². The van der Waals surface area contributed by atoms with Gasteiger partial charge in [-0.25, -0.2) is 0 Å². The molecule has 0 radical (unpaired) electrons. The zero-order chi connectivity index (χ0) is 35.5. The summed E-state index contributed by atoms with van der Waals surface area (Å²) >= 11 is 0. The molecule has 5 nitrogen and oxygen atoms in total. The molecule has 3 aliphatic rings. The molecule has 2 aliphatic carbocycles. The number of halogens is 6. The van der Waals surface area contributed by atoms with Crippen LogP contribution in [0.3, 0.4) is 0 Å². The first-order valence-corrected chi connectivity index (χ1v) is 17.0. The average molecular weight is 696 g/mol. The summed E-state index contributed by atoms with van der Waals surface area (Å²) in [5, 5.41) is 5.35. The second-order valence-electron chi connectivity index (χ2n) is 13.3. The van der Waals surface area contributed by atoms with Gasteiger partial charge in [-0.05, 0) is 84.2 Å². The highest BCUT2D eigenvalue weighted by Gasteiger charge is 2.49. The Balaban J connectivity index is 1.03. The zero-order valence-corrected chi connectivity index (χ0v) is 27.4. The third-order valence-electron chi connectivity index (χ3n) is 10.1. The average Bonchev–Trinajstić information content (AvgIpc) is 3.39. The number of carbonyl (C=O) groups excluding carboxylic acids is 2. The van der Waals surface area contributed by atoms with Crippen molar-refractivity contribution in [1.82, 2.24) is 15.5 Å². The molecule has 1 aliphatic heterocycles. The third-order valence-corrected chi connectivity index (χ3v) is 10.1. The van der Waals surface area contributed by atoms with E-state index in [2.05, 4.69) is 15.5 Å². The van der Waals surface area contributed by atoms with Crippen LogP contribution in [0.15, 0.2) is 91.0 Å². The lowest BCUT2D eigenvalue weighted by Crippen LogP contribution is -2.47. The first-order chi connectivity index (χ1) is 23.9. The number of unbranched alkanes of at least 4 members (excludes halogenated alkanes) is 1. The van der Waals surface area contributed by atoms with Crippen molar-refractivity contribution in [3.63, 3.8) is 0 Å². The van der Waals surface area contributed by atoms with E-state index in [0.717, 1.165) is 73.3 Å². The Morgan fingerprint density at radius 1 is 0.820 bits per heavy atom. The summed E-state index contributed by atoms with van der Waals surface area (Å²) in [6, 6.07) is 19.7. The van der Waals surface area contributed by atoms with E-state index in [9.17, 15) is 35.9 Å². The standard InChI is InChI=1S/C39H39F6N3O2/c40-38(41,42)25-46-36(50)37(33-13-5-3-10-30(33)31-11-4-6-14-34(31)37)21-7-8-22-48-23-19-28(20-24-48)47-35(49)32-12-2-1-9-29(32)26-15-17-27(18-16-26)39(43,44)45/h1-6,9-11,13-18,28,32H,7-8,12,19-25H2,(H,46,50)(H,47,49). The number of alkyl halides is 6. The quantitative estimate of drug-likeness (QED) is 0.167. The van der Waals surface area contributed by atoms with Gasteiger partial charge >= 0.3 is 12.4 Å². The SMILES string of the molecule is O=C(NC1CCN(CCCCC2(C(=O)NCC(F)(F)F)c3ccccc3-c3ccccc32)CC1)C1CC=CC=C1c1ccc(C(F)(F)F)cc1. The van der Waals surface area contributed by atoms with Gasteiger partial charge in [0, 0.05) is 19.1 Å². The Hall–Kier alpha value is -4.38. The summed E-state index contributed by atoms with van der Waals surface area (Å²) in [6.45, 7) is 0.853. The van der Waals surface area contributed by atoms with Crippen molar-refractivity contribution in [3.05, 3.63) is 113 Å². The number of nitrogens with one attached hydrogen (secondary N) is 2. The van der Waals surface area contributed by atoms with Crippen LogP contribution in [0.1, 0.15) is 60.8 Å². The lowest BCUT2D eigenvalue weighted by atomic mass is 9.73. The van der Waals surface area contributed by atoms with Crippen LogP contribution < -0.4 is 10.6 Å². The molecule has 264 valence electrons. The number of benzene rings is 3. The van der Waals surface area contributed by atoms with Gasteiger partial charge in [-0.2, -0.15) is 26.3 Å². The van der Waals surface area contributed by atoms with Crippen molar-refractivity contribution in [2.75, 3.05) is 26.2 Å². The second-order valence-corrected chi connectivity index (χ2v) is 13.3. The van der Waals surface area contributed by atoms with Crippen molar-refractivity contribution in [2.24, 2.45) is 5.92 Å². The maximum Gasteiger partial charge on any atom is 0.416 e. The number of amides is 2. The molecule has 0 spiro atoms. The summed E-state index contributed by atoms with van der Waals surface area (Å²) in [5.74, 6) is -1.29. The van der Waals surface area contributed by atoms with Crippen molar-refractivity contribution >= 4 is 17.4 Å². The molecule has 3 aromatic rings. The minimum Gasteiger partial charge on any atom is -0.353 e. The number of likely N-dealkylation sites (tertiary alicyclic amines) is 1. The maximum absolute atomic E-state index is 13.7. The maximum atomic E-state index is 13.7. The predicted molar refractivity (Wildman–Crippen MR) is 180 cm³/mol. The van der Waals surface area contributed by atoms with E-state index in [1.165, 1.54) is 12.1 Å². The van der Waals surface area contributed by atoms with Crippen LogP contribution in [-0.2, 0) is 21.2 Å². The Morgan fingerprint density at radius 3 is 2.04 bits per heavy atom. The number of hydrogen-bond acceptors (Lipinski definition) is 3. The molecule has 2 N–H and O–H groups in total. The fourth-order valence-electron chi connectivity index (χ4n) is 7.64. The van der Waals surface area contributed by atoms with Gasteiger partial charge in [0.1, 0.15) is 12.0 Å². The number of fused-ring (bicyclic) bond motifs is 3. The molecule has 11 heteroatoms. The van der Waals surface area contributed by atoms with E-state index < -0.39 is 41.7 Å². The Labute approximate surface area is 287 Å². The van der Waals surface area contributed by atoms with Crippen molar-refractivity contribution in [1.29, 1.82) is 0 Å². The molecule has 50 heavy (non-hydrogen) atoms. The van der Waals surface area contributed by atoms with E-state index >= 15 is 0 Å². The Morgan fingerprint density at radius 2 is 1.44 bits per heavy atom. The number of carbonyl (C=O) groups is 2. The summed E-state index contributed by atoms with van der Waals surface area (Å²) in [4.78, 5) is 29.4. The highest BCUT2D eigenvalue weighted by molar-refractivity contribution is 6.00. The normalized spacial score (nSPS) is 19.0. The molecule has 0 bridgehead atoms. The fraction of sp³-hybridized carbons (Fsp3) is 0.385. The monoisotopic (exact) mass is 695 g/mol. The minimum absolute atomic E-state index is 0.0365. The molecular formula is C39H39F6N3O2. The lowest BCUT2D eigenvalue weighted by Gasteiger charge is -2.34. The second kappa shape index (κ2) is 14.5. The van der Waals surface area contributed by atoms with E-state index in [4.69, 9.17) is 0 Å². The molecule has 1 fully saturated rings. The Kier molecular flexibility index (Phi) is 10.3. The van der Waals surface area contributed by atoms with Gasteiger partial charge in [-0.3, -0.25) is 9.59 Å². The molecule has 2 amide bonds. The first-order valence-electron chi connectivity index (χ1n) is 17.0. The van der Waals surface area contributed by atoms with Crippen molar-refractivity contribution < 1.29 is 35.9 Å². The van der Waals surface area contributed by atoms with Gasteiger partial charge in [0.25, 0.3) is 0 Å². The lowest BCUT2D eigenvalue weighted by molar-refractivity contribution is -0.141. The number of allylic oxidation sites excluding steroid dienone is 3. The molecular weight excluding hydrogens is 656 g/mol. The molecule has 1 heterocycles. The summed E-state index contributed by atoms with van der Waals surface area (Å²) in [5.41, 5.74) is 2.49. The van der Waals surface area contributed by atoms with Crippen molar-refractivity contribution in [3.8, 4) is 11.1 Å². The highest BCUT2D eigenvalue weighted by atomic mass is 19.4. The first kappa shape index (κ1) is 35.4. The topological polar surface area (TPSA) is 61.4 Å². The van der Waals surface area contributed by atoms with Crippen LogP contribution in [0.4, 0.5) is 26.3 Å². The van der Waals surface area contributed by atoms with E-state index in [1.54, 1.807) is 6.08 Å². The van der Waals surface area contributed by atoms with Gasteiger partial charge in [0.05, 0.1) is 11.5 Å². The number of rotatable bonds is 10. The highest BCUT2D eigenvalue weighted by Crippen LogP contribution is 2.51. The molecule has 1 unspecified atom stereocenters. The van der Waals surface area contributed by atoms with Gasteiger partial charge in [0.15, 0.2) is 0 Å². The van der Waals surface area contributed by atoms with Crippen LogP contribution in [0.25, 0.3) is 16.7 Å². The zero-order valence-electron chi connectivity index (χ0n) is 27.4. The summed E-state index contributed by atoms with van der Waals surface area (Å²) < 4.78 is 78.7. The van der Waals surface area contributed by atoms with Gasteiger partial charge in [-0.1, -0.05) is 85.3 Å². The molecule has 0 aromatic heterocycles. The summed E-state index contributed by atoms with van der Waals surface area (Å²) in [6.07, 6.45) is 0.171. The molecule has 6 rings (SSSR count). The fourth-order valence-corrected chi connectivity index (χ4v) is 7.64. The van der Waals surface area contributed by atoms with Crippen LogP contribution in [0, 0.1) is 5.92 Å². The Bertz CT molecular complexity index is 1710. The van der Waals surface area contributed by atoms with E-state index in [0.29, 0.717) is 30.4 Å². The molecule has 0 saturated carbocycles. The van der Waals surface area contributed by atoms with Crippen LogP contribution in [-0.4, -0.2) is 55.1 Å². The molecule has 3 aromatic carbocycles. The van der Waals surface area contributed by atoms with Gasteiger partial charge in [-0.15, -0.1) is 0 Å². The number of hydrogen-bond donors (Lipinski definition) is 2. The van der Waals surface area contributed by atoms with Crippen LogP contribution >= 0.6 is 0 Å². The van der Waals surface area contributed by atoms with Crippen LogP contribution in [0.5, 0.6) is 0 Å². The van der Waals surface area contributed by atoms with Crippen LogP contribution in [0.2, 0.25) is 0 Å². The third kappa shape index (κ3) is 7.52. The smallest absolute Gasteiger partial charge is 0.353 e. The minimum atomic E-state index is -4.53. The molecule has 1 atom stereocenters. The predicted octanol–water partition coefficient (Wildman–Crippen LogP) is 8.06.